The maximum Gasteiger partial charge on any atom is 0.414 e. The third-order valence-corrected chi connectivity index (χ3v) is 5.29. The number of nitrogens with zero attached hydrogens (tertiary/aromatic N) is 3. The number of amides is 2. The first kappa shape index (κ1) is 26.5. The van der Waals surface area contributed by atoms with Crippen LogP contribution in [0.2, 0.25) is 0 Å². The van der Waals surface area contributed by atoms with Crippen molar-refractivity contribution in [1.82, 2.24) is 10.4 Å². The van der Waals surface area contributed by atoms with E-state index in [9.17, 15) is 18.4 Å². The van der Waals surface area contributed by atoms with E-state index in [-0.39, 0.29) is 82.2 Å². The van der Waals surface area contributed by atoms with Crippen LogP contribution in [-0.4, -0.2) is 81.3 Å². The molecule has 13 heteroatoms. The number of benzene rings is 1. The van der Waals surface area contributed by atoms with Gasteiger partial charge in [-0.15, -0.1) is 0 Å². The number of carbonyl (C=O) groups excluding carboxylic acids is 2. The lowest BCUT2D eigenvalue weighted by atomic mass is 10.2. The third-order valence-electron chi connectivity index (χ3n) is 4.98. The fourth-order valence-electron chi connectivity index (χ4n) is 3.44. The zero-order valence-electron chi connectivity index (χ0n) is 17.5. The number of nitrogens with two attached hydrogens (primary N) is 1. The monoisotopic (exact) mass is 489 g/mol. The Bertz CT molecular complexity index is 854. The zero-order chi connectivity index (χ0) is 23.3. The van der Waals surface area contributed by atoms with Gasteiger partial charge >= 0.3 is 6.09 Å². The lowest BCUT2D eigenvalue weighted by Gasteiger charge is -2.24. The Morgan fingerprint density at radius 2 is 2.00 bits per heavy atom. The van der Waals surface area contributed by atoms with E-state index < -0.39 is 23.8 Å². The first-order valence-electron chi connectivity index (χ1n) is 10.0. The van der Waals surface area contributed by atoms with Crippen LogP contribution in [0.15, 0.2) is 12.1 Å². The standard InChI is InChI=1S/C19H25F2N5O5S.CH4/c1-29-18(32)23-10-13-11-25(19(28)31-13)12-8-14(20)17(15(21)9-12)24-4-5-26(30-7-6-24)16(27)2-3-22;/h8-9,13H,2-7,10-11,22H2,1H3,(H,23,32);1H4/t13-;/m0./s1. The Morgan fingerprint density at radius 3 is 2.64 bits per heavy atom. The summed E-state index contributed by atoms with van der Waals surface area (Å²) in [6.07, 6.45) is -1.16. The predicted octanol–water partition coefficient (Wildman–Crippen LogP) is 1.38. The van der Waals surface area contributed by atoms with Crippen molar-refractivity contribution < 1.29 is 32.7 Å². The van der Waals surface area contributed by atoms with Crippen LogP contribution >= 0.6 is 12.2 Å². The van der Waals surface area contributed by atoms with Gasteiger partial charge < -0.3 is 25.4 Å². The van der Waals surface area contributed by atoms with Gasteiger partial charge in [-0.05, 0) is 12.2 Å². The molecule has 2 heterocycles. The van der Waals surface area contributed by atoms with Gasteiger partial charge in [-0.25, -0.2) is 18.6 Å². The molecule has 2 aliphatic rings. The van der Waals surface area contributed by atoms with Gasteiger partial charge in [-0.2, -0.15) is 0 Å². The average molecular weight is 490 g/mol. The van der Waals surface area contributed by atoms with Gasteiger partial charge in [0.1, 0.15) is 11.8 Å². The second-order valence-corrected chi connectivity index (χ2v) is 7.47. The molecule has 1 aromatic rings. The molecule has 184 valence electrons. The highest BCUT2D eigenvalue weighted by molar-refractivity contribution is 7.80. The zero-order valence-corrected chi connectivity index (χ0v) is 18.3. The highest BCUT2D eigenvalue weighted by Gasteiger charge is 2.34. The maximum absolute atomic E-state index is 14.9. The molecule has 10 nitrogen and oxygen atoms in total. The summed E-state index contributed by atoms with van der Waals surface area (Å²) in [6, 6.07) is 2.16. The van der Waals surface area contributed by atoms with Crippen molar-refractivity contribution in [3.05, 3.63) is 23.8 Å². The van der Waals surface area contributed by atoms with Crippen LogP contribution in [0, 0.1) is 11.6 Å². The minimum absolute atomic E-state index is 0. The molecule has 3 rings (SSSR count). The smallest absolute Gasteiger partial charge is 0.414 e. The summed E-state index contributed by atoms with van der Waals surface area (Å²) >= 11 is 4.87. The minimum atomic E-state index is -0.836. The molecule has 33 heavy (non-hydrogen) atoms. The van der Waals surface area contributed by atoms with Crippen LogP contribution < -0.4 is 20.9 Å². The highest BCUT2D eigenvalue weighted by atomic mass is 32.1. The summed E-state index contributed by atoms with van der Waals surface area (Å²) in [5.41, 5.74) is 5.18. The molecule has 0 aromatic heterocycles. The molecule has 3 N–H and O–H groups in total. The van der Waals surface area contributed by atoms with Crippen LogP contribution in [0.25, 0.3) is 0 Å². The molecule has 0 radical (unpaired) electrons. The Balaban J connectivity index is 0.00000385. The average Bonchev–Trinajstić information content (AvgIpc) is 2.96. The first-order chi connectivity index (χ1) is 15.3. The van der Waals surface area contributed by atoms with Gasteiger partial charge in [0.15, 0.2) is 11.6 Å². The van der Waals surface area contributed by atoms with E-state index in [0.717, 1.165) is 17.0 Å². The Hall–Kier alpha value is -2.77. The fraction of sp³-hybridized carbons (Fsp3) is 0.550. The molecule has 1 aromatic carbocycles. The number of thiocarbonyl (C=S) groups is 1. The van der Waals surface area contributed by atoms with Crippen molar-refractivity contribution in [3.8, 4) is 0 Å². The van der Waals surface area contributed by atoms with Crippen LogP contribution in [0.5, 0.6) is 0 Å². The molecule has 1 atom stereocenters. The fourth-order valence-corrected chi connectivity index (χ4v) is 3.52. The molecular weight excluding hydrogens is 460 g/mol. The van der Waals surface area contributed by atoms with Gasteiger partial charge in [0.25, 0.3) is 5.17 Å². The molecule has 2 amide bonds. The van der Waals surface area contributed by atoms with Gasteiger partial charge in [0, 0.05) is 38.2 Å². The molecule has 2 saturated heterocycles. The van der Waals surface area contributed by atoms with Crippen LogP contribution in [0.3, 0.4) is 0 Å². The van der Waals surface area contributed by atoms with Gasteiger partial charge in [-0.3, -0.25) is 14.5 Å². The Labute approximate surface area is 196 Å². The van der Waals surface area contributed by atoms with Crippen molar-refractivity contribution in [2.75, 3.05) is 62.8 Å². The summed E-state index contributed by atoms with van der Waals surface area (Å²) in [5, 5.41) is 4.08. The molecular formula is C20H29F2N5O5S. The van der Waals surface area contributed by atoms with E-state index in [1.165, 1.54) is 17.1 Å². The van der Waals surface area contributed by atoms with E-state index in [2.05, 4.69) is 5.32 Å². The van der Waals surface area contributed by atoms with E-state index in [0.29, 0.717) is 0 Å². The Kier molecular flexibility index (Phi) is 9.56. The number of ether oxygens (including phenoxy) is 2. The van der Waals surface area contributed by atoms with Crippen molar-refractivity contribution in [1.29, 1.82) is 0 Å². The van der Waals surface area contributed by atoms with Gasteiger partial charge in [0.2, 0.25) is 5.91 Å². The number of hydrogen-bond acceptors (Lipinski definition) is 8. The highest BCUT2D eigenvalue weighted by Crippen LogP contribution is 2.31. The topological polar surface area (TPSA) is 110 Å². The van der Waals surface area contributed by atoms with Crippen molar-refractivity contribution in [2.24, 2.45) is 5.73 Å². The van der Waals surface area contributed by atoms with Gasteiger partial charge in [0.05, 0.1) is 39.0 Å². The molecule has 0 spiro atoms. The quantitative estimate of drug-likeness (QED) is 0.573. The van der Waals surface area contributed by atoms with Crippen molar-refractivity contribution in [3.63, 3.8) is 0 Å². The number of carbonyl (C=O) groups is 2. The summed E-state index contributed by atoms with van der Waals surface area (Å²) in [7, 11) is 1.40. The summed E-state index contributed by atoms with van der Waals surface area (Å²) in [4.78, 5) is 32.2. The van der Waals surface area contributed by atoms with Crippen molar-refractivity contribution >= 4 is 40.8 Å². The number of rotatable bonds is 6. The first-order valence-corrected chi connectivity index (χ1v) is 10.4. The lowest BCUT2D eigenvalue weighted by molar-refractivity contribution is -0.181. The number of hydroxylamine groups is 2. The largest absolute Gasteiger partial charge is 0.474 e. The molecule has 0 saturated carbocycles. The normalized spacial score (nSPS) is 18.4. The third kappa shape index (κ3) is 6.39. The van der Waals surface area contributed by atoms with E-state index >= 15 is 0 Å². The minimum Gasteiger partial charge on any atom is -0.474 e. The van der Waals surface area contributed by atoms with Crippen molar-refractivity contribution in [2.45, 2.75) is 20.0 Å². The lowest BCUT2D eigenvalue weighted by Crippen LogP contribution is -2.35. The number of nitrogens with one attached hydrogen (secondary N) is 1. The van der Waals surface area contributed by atoms with E-state index in [1.54, 1.807) is 0 Å². The summed E-state index contributed by atoms with van der Waals surface area (Å²) in [5.74, 6) is -1.96. The maximum atomic E-state index is 14.9. The predicted molar refractivity (Wildman–Crippen MR) is 122 cm³/mol. The Morgan fingerprint density at radius 1 is 1.30 bits per heavy atom. The molecule has 0 bridgehead atoms. The van der Waals surface area contributed by atoms with Crippen LogP contribution in [0.1, 0.15) is 13.8 Å². The second kappa shape index (κ2) is 11.9. The molecule has 0 aliphatic carbocycles. The number of halogens is 2. The molecule has 2 aliphatic heterocycles. The summed E-state index contributed by atoms with van der Waals surface area (Å²) in [6.45, 7) is 1.03. The summed E-state index contributed by atoms with van der Waals surface area (Å²) < 4.78 is 39.9. The van der Waals surface area contributed by atoms with Crippen LogP contribution in [-0.2, 0) is 19.1 Å². The number of cyclic esters (lactones) is 1. The molecule has 0 unspecified atom stereocenters. The SMILES string of the molecule is C.COC(=S)NC[C@H]1CN(c2cc(F)c(N3CCON(C(=O)CCN)CC3)c(F)c2)C(=O)O1. The number of methoxy groups -OCH3 is 1. The second-order valence-electron chi connectivity index (χ2n) is 7.10. The van der Waals surface area contributed by atoms with E-state index in [4.69, 9.17) is 32.3 Å². The van der Waals surface area contributed by atoms with E-state index in [1.807, 2.05) is 0 Å². The van der Waals surface area contributed by atoms with Gasteiger partial charge in [-0.1, -0.05) is 7.43 Å². The van der Waals surface area contributed by atoms with Crippen LogP contribution in [0.4, 0.5) is 25.0 Å². The number of anilines is 2. The molecule has 2 fully saturated rings. The number of hydrogen-bond donors (Lipinski definition) is 2.